The molecule has 5 heteroatoms. The minimum absolute atomic E-state index is 0.0645. The van der Waals surface area contributed by atoms with Gasteiger partial charge in [0, 0.05) is 13.2 Å². The number of hydrogen-bond donors (Lipinski definition) is 3. The molecule has 15 heavy (non-hydrogen) atoms. The van der Waals surface area contributed by atoms with E-state index < -0.39 is 11.6 Å². The summed E-state index contributed by atoms with van der Waals surface area (Å²) in [6, 6.07) is 0. The first-order chi connectivity index (χ1) is 7.02. The molecule has 88 valence electrons. The molecule has 3 N–H and O–H groups in total. The number of hydrogen-bond acceptors (Lipinski definition) is 4. The minimum atomic E-state index is -1.68. The Hall–Kier alpha value is -0.650. The molecule has 0 spiro atoms. The van der Waals surface area contributed by atoms with Gasteiger partial charge >= 0.3 is 5.97 Å². The van der Waals surface area contributed by atoms with Crippen LogP contribution in [0.4, 0.5) is 0 Å². The van der Waals surface area contributed by atoms with Crippen molar-refractivity contribution in [3.63, 3.8) is 0 Å². The van der Waals surface area contributed by atoms with Crippen LogP contribution >= 0.6 is 0 Å². The number of rotatable bonds is 6. The first-order valence-corrected chi connectivity index (χ1v) is 5.30. The van der Waals surface area contributed by atoms with Crippen molar-refractivity contribution >= 4 is 5.97 Å². The smallest absolute Gasteiger partial charge is 0.336 e. The molecule has 1 heterocycles. The van der Waals surface area contributed by atoms with Crippen molar-refractivity contribution in [3.05, 3.63) is 0 Å². The quantitative estimate of drug-likeness (QED) is 0.545. The Balaban J connectivity index is 2.08. The van der Waals surface area contributed by atoms with Crippen molar-refractivity contribution in [2.45, 2.75) is 37.9 Å². The maximum Gasteiger partial charge on any atom is 0.336 e. The van der Waals surface area contributed by atoms with Gasteiger partial charge in [-0.2, -0.15) is 0 Å². The van der Waals surface area contributed by atoms with Gasteiger partial charge in [-0.3, -0.25) is 0 Å². The number of nitrogens with one attached hydrogen (secondary N) is 1. The highest BCUT2D eigenvalue weighted by Crippen LogP contribution is 2.14. The molecule has 2 unspecified atom stereocenters. The van der Waals surface area contributed by atoms with E-state index >= 15 is 0 Å². The third-order valence-electron chi connectivity index (χ3n) is 2.60. The summed E-state index contributed by atoms with van der Waals surface area (Å²) >= 11 is 0. The van der Waals surface area contributed by atoms with Crippen LogP contribution < -0.4 is 5.32 Å². The van der Waals surface area contributed by atoms with Crippen LogP contribution in [0.15, 0.2) is 0 Å². The second kappa shape index (κ2) is 5.44. The second-order valence-electron chi connectivity index (χ2n) is 4.18. The van der Waals surface area contributed by atoms with E-state index in [1.807, 2.05) is 0 Å². The van der Waals surface area contributed by atoms with Crippen LogP contribution in [-0.4, -0.2) is 47.6 Å². The molecule has 0 aromatic carbocycles. The standard InChI is InChI=1S/C10H19NO4/c1-10(14,9(12)13)7-11-5-4-8-3-2-6-15-8/h8,11,14H,2-7H2,1H3,(H,12,13). The van der Waals surface area contributed by atoms with E-state index in [0.29, 0.717) is 12.6 Å². The summed E-state index contributed by atoms with van der Waals surface area (Å²) in [7, 11) is 0. The van der Waals surface area contributed by atoms with Crippen LogP contribution in [0.1, 0.15) is 26.2 Å². The number of aliphatic hydroxyl groups is 1. The van der Waals surface area contributed by atoms with Crippen molar-refractivity contribution < 1.29 is 19.7 Å². The average molecular weight is 217 g/mol. The first-order valence-electron chi connectivity index (χ1n) is 5.30. The Bertz CT molecular complexity index is 211. The highest BCUT2D eigenvalue weighted by atomic mass is 16.5. The van der Waals surface area contributed by atoms with Gasteiger partial charge in [0.15, 0.2) is 5.60 Å². The summed E-state index contributed by atoms with van der Waals surface area (Å²) in [6.45, 7) is 2.86. The normalized spacial score (nSPS) is 25.1. The number of ether oxygens (including phenoxy) is 1. The van der Waals surface area contributed by atoms with Gasteiger partial charge in [0.05, 0.1) is 6.10 Å². The van der Waals surface area contributed by atoms with Gasteiger partial charge in [-0.25, -0.2) is 4.79 Å². The number of carboxylic acids is 1. The molecule has 1 aliphatic heterocycles. The van der Waals surface area contributed by atoms with Gasteiger partial charge in [-0.15, -0.1) is 0 Å². The third-order valence-corrected chi connectivity index (χ3v) is 2.60. The van der Waals surface area contributed by atoms with Crippen molar-refractivity contribution in [1.29, 1.82) is 0 Å². The second-order valence-corrected chi connectivity index (χ2v) is 4.18. The van der Waals surface area contributed by atoms with E-state index in [1.54, 1.807) is 0 Å². The van der Waals surface area contributed by atoms with Crippen molar-refractivity contribution in [2.75, 3.05) is 19.7 Å². The van der Waals surface area contributed by atoms with Gasteiger partial charge in [-0.1, -0.05) is 0 Å². The van der Waals surface area contributed by atoms with Gasteiger partial charge in [0.2, 0.25) is 0 Å². The van der Waals surface area contributed by atoms with Gasteiger partial charge < -0.3 is 20.3 Å². The first kappa shape index (κ1) is 12.4. The molecule has 0 aliphatic carbocycles. The lowest BCUT2D eigenvalue weighted by Gasteiger charge is -2.19. The number of aliphatic carboxylic acids is 1. The molecule has 0 aromatic heterocycles. The predicted molar refractivity (Wildman–Crippen MR) is 54.7 cm³/mol. The third kappa shape index (κ3) is 4.15. The zero-order valence-electron chi connectivity index (χ0n) is 9.03. The number of carboxylic acid groups (broad SMARTS) is 1. The van der Waals surface area contributed by atoms with Crippen LogP contribution in [-0.2, 0) is 9.53 Å². The van der Waals surface area contributed by atoms with E-state index in [2.05, 4.69) is 5.32 Å². The summed E-state index contributed by atoms with van der Waals surface area (Å²) in [4.78, 5) is 10.6. The van der Waals surface area contributed by atoms with E-state index in [-0.39, 0.29) is 6.54 Å². The molecule has 5 nitrogen and oxygen atoms in total. The molecule has 0 bridgehead atoms. The zero-order chi connectivity index (χ0) is 11.3. The summed E-state index contributed by atoms with van der Waals surface area (Å²) in [5, 5.41) is 21.0. The van der Waals surface area contributed by atoms with Crippen molar-refractivity contribution in [2.24, 2.45) is 0 Å². The molecule has 0 radical (unpaired) electrons. The monoisotopic (exact) mass is 217 g/mol. The molecule has 1 rings (SSSR count). The Morgan fingerprint density at radius 3 is 2.93 bits per heavy atom. The molecule has 1 fully saturated rings. The fourth-order valence-electron chi connectivity index (χ4n) is 1.54. The average Bonchev–Trinajstić information content (AvgIpc) is 2.64. The summed E-state index contributed by atoms with van der Waals surface area (Å²) in [5.41, 5.74) is -1.68. The molecular formula is C10H19NO4. The van der Waals surface area contributed by atoms with E-state index in [4.69, 9.17) is 9.84 Å². The molecular weight excluding hydrogens is 198 g/mol. The Kier molecular flexibility index (Phi) is 4.50. The molecule has 0 amide bonds. The Morgan fingerprint density at radius 1 is 1.67 bits per heavy atom. The Morgan fingerprint density at radius 2 is 2.40 bits per heavy atom. The molecule has 0 saturated carbocycles. The molecule has 2 atom stereocenters. The van der Waals surface area contributed by atoms with Gasteiger partial charge in [0.25, 0.3) is 0 Å². The summed E-state index contributed by atoms with van der Waals surface area (Å²) in [6.07, 6.45) is 3.36. The largest absolute Gasteiger partial charge is 0.479 e. The van der Waals surface area contributed by atoms with Crippen LogP contribution in [0, 0.1) is 0 Å². The fraction of sp³-hybridized carbons (Fsp3) is 0.900. The molecule has 0 aromatic rings. The SMILES string of the molecule is CC(O)(CNCCC1CCCO1)C(=O)O. The zero-order valence-corrected chi connectivity index (χ0v) is 9.03. The van der Waals surface area contributed by atoms with Gasteiger partial charge in [-0.05, 0) is 32.7 Å². The lowest BCUT2D eigenvalue weighted by atomic mass is 10.1. The van der Waals surface area contributed by atoms with E-state index in [1.165, 1.54) is 6.92 Å². The Labute approximate surface area is 89.4 Å². The lowest BCUT2D eigenvalue weighted by Crippen LogP contribution is -2.45. The molecule has 1 aliphatic rings. The van der Waals surface area contributed by atoms with E-state index in [0.717, 1.165) is 25.9 Å². The summed E-state index contributed by atoms with van der Waals surface area (Å²) < 4.78 is 5.41. The van der Waals surface area contributed by atoms with Crippen LogP contribution in [0.5, 0.6) is 0 Å². The van der Waals surface area contributed by atoms with Crippen LogP contribution in [0.2, 0.25) is 0 Å². The van der Waals surface area contributed by atoms with E-state index in [9.17, 15) is 9.90 Å². The van der Waals surface area contributed by atoms with Crippen molar-refractivity contribution in [1.82, 2.24) is 5.32 Å². The lowest BCUT2D eigenvalue weighted by molar-refractivity contribution is -0.156. The maximum absolute atomic E-state index is 10.6. The van der Waals surface area contributed by atoms with Gasteiger partial charge in [0.1, 0.15) is 0 Å². The maximum atomic E-state index is 10.6. The topological polar surface area (TPSA) is 78.8 Å². The minimum Gasteiger partial charge on any atom is -0.479 e. The predicted octanol–water partition coefficient (Wildman–Crippen LogP) is -0.0193. The fourth-order valence-corrected chi connectivity index (χ4v) is 1.54. The highest BCUT2D eigenvalue weighted by Gasteiger charge is 2.29. The summed E-state index contributed by atoms with van der Waals surface area (Å²) in [5.74, 6) is -1.20. The highest BCUT2D eigenvalue weighted by molar-refractivity contribution is 5.76. The van der Waals surface area contributed by atoms with Crippen LogP contribution in [0.25, 0.3) is 0 Å². The number of carbonyl (C=O) groups is 1. The van der Waals surface area contributed by atoms with Crippen molar-refractivity contribution in [3.8, 4) is 0 Å². The van der Waals surface area contributed by atoms with Crippen LogP contribution in [0.3, 0.4) is 0 Å². The molecule has 1 saturated heterocycles.